The molecule has 0 unspecified atom stereocenters. The Labute approximate surface area is 129 Å². The molecule has 0 fully saturated rings. The largest absolute Gasteiger partial charge is 0.281 e. The molecule has 0 bridgehead atoms. The van der Waals surface area contributed by atoms with Crippen LogP contribution < -0.4 is 11.1 Å². The number of hydrogen-bond acceptors (Lipinski definition) is 3. The highest BCUT2D eigenvalue weighted by Gasteiger charge is 2.14. The van der Waals surface area contributed by atoms with E-state index in [1.54, 1.807) is 22.6 Å². The summed E-state index contributed by atoms with van der Waals surface area (Å²) in [6, 6.07) is 18.5. The van der Waals surface area contributed by atoms with Crippen molar-refractivity contribution in [2.75, 3.05) is 0 Å². The lowest BCUT2D eigenvalue weighted by Gasteiger charge is -2.10. The normalized spacial score (nSPS) is 11.8. The van der Waals surface area contributed by atoms with Gasteiger partial charge in [-0.15, -0.1) is 0 Å². The van der Waals surface area contributed by atoms with Gasteiger partial charge in [-0.05, 0) is 23.6 Å². The van der Waals surface area contributed by atoms with Crippen molar-refractivity contribution in [3.8, 4) is 0 Å². The predicted molar refractivity (Wildman–Crippen MR) is 91.4 cm³/mol. The van der Waals surface area contributed by atoms with E-state index in [1.807, 2.05) is 42.5 Å². The molecule has 0 atom stereocenters. The van der Waals surface area contributed by atoms with E-state index in [1.165, 1.54) is 0 Å². The summed E-state index contributed by atoms with van der Waals surface area (Å²) in [6.45, 7) is 0. The third-order valence-corrected chi connectivity index (χ3v) is 4.37. The van der Waals surface area contributed by atoms with E-state index in [4.69, 9.17) is 0 Å². The fourth-order valence-electron chi connectivity index (χ4n) is 3.38. The molecule has 2 heterocycles. The minimum atomic E-state index is -0.309. The number of pyridine rings is 1. The molecule has 108 valence electrons. The van der Waals surface area contributed by atoms with Crippen molar-refractivity contribution in [1.29, 1.82) is 0 Å². The van der Waals surface area contributed by atoms with Gasteiger partial charge < -0.3 is 0 Å². The SMILES string of the molecule is O=c1nc2c3cccc4cccc(c(=O)n2c2ccccc12)c43. The summed E-state index contributed by atoms with van der Waals surface area (Å²) < 4.78 is 1.55. The molecule has 0 N–H and O–H groups in total. The van der Waals surface area contributed by atoms with E-state index in [0.717, 1.165) is 16.2 Å². The molecule has 3 aromatic carbocycles. The van der Waals surface area contributed by atoms with Crippen LogP contribution in [-0.2, 0) is 0 Å². The Hall–Kier alpha value is -3.27. The number of aromatic nitrogens is 2. The molecule has 0 aliphatic rings. The van der Waals surface area contributed by atoms with Crippen molar-refractivity contribution in [3.05, 3.63) is 81.4 Å². The first-order chi connectivity index (χ1) is 11.3. The Balaban J connectivity index is 2.28. The Morgan fingerprint density at radius 3 is 2.26 bits per heavy atom. The van der Waals surface area contributed by atoms with Gasteiger partial charge in [0, 0.05) is 16.2 Å². The molecule has 2 aromatic heterocycles. The van der Waals surface area contributed by atoms with Gasteiger partial charge in [0.15, 0.2) is 5.65 Å². The van der Waals surface area contributed by atoms with Gasteiger partial charge in [0.1, 0.15) is 0 Å². The van der Waals surface area contributed by atoms with Gasteiger partial charge in [0.05, 0.1) is 10.9 Å². The third-order valence-electron chi connectivity index (χ3n) is 4.37. The van der Waals surface area contributed by atoms with Crippen molar-refractivity contribution in [2.24, 2.45) is 0 Å². The third kappa shape index (κ3) is 1.47. The van der Waals surface area contributed by atoms with Crippen LogP contribution in [0.1, 0.15) is 0 Å². The number of benzene rings is 3. The molecular formula is C19H10N2O2. The van der Waals surface area contributed by atoms with Crippen molar-refractivity contribution >= 4 is 38.1 Å². The molecule has 0 aliphatic heterocycles. The molecule has 23 heavy (non-hydrogen) atoms. The first kappa shape index (κ1) is 12.3. The monoisotopic (exact) mass is 298 g/mol. The zero-order valence-electron chi connectivity index (χ0n) is 12.0. The van der Waals surface area contributed by atoms with Crippen molar-refractivity contribution in [2.45, 2.75) is 0 Å². The maximum Gasteiger partial charge on any atom is 0.281 e. The van der Waals surface area contributed by atoms with Crippen molar-refractivity contribution in [3.63, 3.8) is 0 Å². The van der Waals surface area contributed by atoms with Gasteiger partial charge in [-0.3, -0.25) is 14.0 Å². The summed E-state index contributed by atoms with van der Waals surface area (Å²) in [5, 5.41) is 3.75. The Kier molecular flexibility index (Phi) is 2.21. The molecule has 0 saturated carbocycles. The maximum atomic E-state index is 13.0. The van der Waals surface area contributed by atoms with Crippen LogP contribution in [0.4, 0.5) is 0 Å². The smallest absolute Gasteiger partial charge is 0.268 e. The van der Waals surface area contributed by atoms with Crippen LogP contribution in [0.2, 0.25) is 0 Å². The summed E-state index contributed by atoms with van der Waals surface area (Å²) in [4.78, 5) is 29.6. The van der Waals surface area contributed by atoms with Crippen LogP contribution in [0.3, 0.4) is 0 Å². The van der Waals surface area contributed by atoms with Crippen LogP contribution in [-0.4, -0.2) is 9.38 Å². The first-order valence-electron chi connectivity index (χ1n) is 7.34. The number of fused-ring (bicyclic) bond motifs is 4. The Morgan fingerprint density at radius 2 is 1.43 bits per heavy atom. The second-order valence-corrected chi connectivity index (χ2v) is 5.61. The molecule has 0 amide bonds. The molecule has 4 heteroatoms. The molecule has 0 aliphatic carbocycles. The van der Waals surface area contributed by atoms with Crippen LogP contribution >= 0.6 is 0 Å². The highest BCUT2D eigenvalue weighted by molar-refractivity contribution is 6.14. The zero-order chi connectivity index (χ0) is 15.6. The van der Waals surface area contributed by atoms with Gasteiger partial charge in [-0.2, -0.15) is 4.98 Å². The number of nitrogens with zero attached hydrogens (tertiary/aromatic N) is 2. The molecule has 5 aromatic rings. The number of rotatable bonds is 0. The van der Waals surface area contributed by atoms with Gasteiger partial charge >= 0.3 is 0 Å². The van der Waals surface area contributed by atoms with Gasteiger partial charge in [0.2, 0.25) is 0 Å². The maximum absolute atomic E-state index is 13.0. The Morgan fingerprint density at radius 1 is 0.739 bits per heavy atom. The van der Waals surface area contributed by atoms with Crippen LogP contribution in [0, 0.1) is 0 Å². The molecule has 0 radical (unpaired) electrons. The van der Waals surface area contributed by atoms with E-state index in [9.17, 15) is 9.59 Å². The second kappa shape index (κ2) is 4.14. The molecule has 4 nitrogen and oxygen atoms in total. The minimum absolute atomic E-state index is 0.145. The average molecular weight is 298 g/mol. The average Bonchev–Trinajstić information content (AvgIpc) is 2.59. The lowest BCUT2D eigenvalue weighted by atomic mass is 10.0. The summed E-state index contributed by atoms with van der Waals surface area (Å²) in [5.41, 5.74) is 0.561. The topological polar surface area (TPSA) is 51.4 Å². The lowest BCUT2D eigenvalue weighted by molar-refractivity contribution is 1.11. The fourth-order valence-corrected chi connectivity index (χ4v) is 3.38. The highest BCUT2D eigenvalue weighted by Crippen LogP contribution is 2.27. The highest BCUT2D eigenvalue weighted by atomic mass is 16.1. The van der Waals surface area contributed by atoms with E-state index < -0.39 is 0 Å². The minimum Gasteiger partial charge on any atom is -0.268 e. The Bertz CT molecular complexity index is 1350. The standard InChI is InChI=1S/C19H10N2O2/c22-18-12-7-1-2-10-15(12)21-17(20-18)13-8-3-5-11-6-4-9-14(16(11)13)19(21)23/h1-10H. The summed E-state index contributed by atoms with van der Waals surface area (Å²) >= 11 is 0. The van der Waals surface area contributed by atoms with Gasteiger partial charge in [0.25, 0.3) is 11.1 Å². The molecule has 5 rings (SSSR count). The van der Waals surface area contributed by atoms with E-state index in [-0.39, 0.29) is 11.1 Å². The fraction of sp³-hybridized carbons (Fsp3) is 0. The number of hydrogen-bond donors (Lipinski definition) is 0. The summed E-state index contributed by atoms with van der Waals surface area (Å²) in [7, 11) is 0. The van der Waals surface area contributed by atoms with E-state index >= 15 is 0 Å². The zero-order valence-corrected chi connectivity index (χ0v) is 12.0. The van der Waals surface area contributed by atoms with Crippen molar-refractivity contribution in [1.82, 2.24) is 9.38 Å². The van der Waals surface area contributed by atoms with E-state index in [2.05, 4.69) is 4.98 Å². The van der Waals surface area contributed by atoms with Crippen LogP contribution in [0.5, 0.6) is 0 Å². The molecule has 0 spiro atoms. The van der Waals surface area contributed by atoms with Gasteiger partial charge in [-0.25, -0.2) is 0 Å². The van der Waals surface area contributed by atoms with Crippen molar-refractivity contribution < 1.29 is 0 Å². The molecular weight excluding hydrogens is 288 g/mol. The molecule has 0 saturated heterocycles. The van der Waals surface area contributed by atoms with E-state index in [0.29, 0.717) is 21.9 Å². The van der Waals surface area contributed by atoms with Crippen LogP contribution in [0.25, 0.3) is 38.1 Å². The quantitative estimate of drug-likeness (QED) is 0.326. The summed E-state index contributed by atoms with van der Waals surface area (Å²) in [5.74, 6) is 0. The predicted octanol–water partition coefficient (Wildman–Crippen LogP) is 2.95. The first-order valence-corrected chi connectivity index (χ1v) is 7.34. The van der Waals surface area contributed by atoms with Gasteiger partial charge in [-0.1, -0.05) is 42.5 Å². The summed E-state index contributed by atoms with van der Waals surface area (Å²) in [6.07, 6.45) is 0. The second-order valence-electron chi connectivity index (χ2n) is 5.61. The van der Waals surface area contributed by atoms with Crippen LogP contribution in [0.15, 0.2) is 70.3 Å². The number of para-hydroxylation sites is 1. The lowest BCUT2D eigenvalue weighted by Crippen LogP contribution is -2.20.